The van der Waals surface area contributed by atoms with Crippen molar-refractivity contribution < 1.29 is 0 Å². The van der Waals surface area contributed by atoms with Crippen molar-refractivity contribution in [2.45, 2.75) is 19.5 Å². The first-order valence-corrected chi connectivity index (χ1v) is 5.29. The lowest BCUT2D eigenvalue weighted by atomic mass is 10.2. The van der Waals surface area contributed by atoms with Crippen molar-refractivity contribution in [1.29, 1.82) is 0 Å². The minimum atomic E-state index is 0.757. The molecule has 0 unspecified atom stereocenters. The fourth-order valence-corrected chi connectivity index (χ4v) is 1.55. The van der Waals surface area contributed by atoms with Crippen molar-refractivity contribution in [3.8, 4) is 0 Å². The second-order valence-electron chi connectivity index (χ2n) is 3.78. The summed E-state index contributed by atoms with van der Waals surface area (Å²) in [7, 11) is 3.82. The molecule has 0 fully saturated rings. The maximum atomic E-state index is 4.12. The molecule has 1 N–H and O–H groups in total. The van der Waals surface area contributed by atoms with Gasteiger partial charge in [0, 0.05) is 32.5 Å². The van der Waals surface area contributed by atoms with Crippen LogP contribution in [0.1, 0.15) is 11.3 Å². The molecule has 2 heterocycles. The molecule has 0 aliphatic carbocycles. The fraction of sp³-hybridized carbons (Fsp3) is 0.500. The molecule has 2 aromatic heterocycles. The molecule has 0 bridgehead atoms. The number of hydrogen-bond donors (Lipinski definition) is 1. The molecule has 6 nitrogen and oxygen atoms in total. The minimum absolute atomic E-state index is 0.757. The van der Waals surface area contributed by atoms with Gasteiger partial charge in [0.25, 0.3) is 0 Å². The SMILES string of the molecule is CNCc1cn(CCc2cnn(C)c2)nn1. The van der Waals surface area contributed by atoms with E-state index >= 15 is 0 Å². The van der Waals surface area contributed by atoms with Crippen molar-refractivity contribution in [1.82, 2.24) is 30.1 Å². The van der Waals surface area contributed by atoms with Gasteiger partial charge in [-0.1, -0.05) is 5.21 Å². The Morgan fingerprint density at radius 3 is 2.94 bits per heavy atom. The Morgan fingerprint density at radius 2 is 2.25 bits per heavy atom. The molecule has 0 saturated heterocycles. The van der Waals surface area contributed by atoms with Crippen LogP contribution in [0, 0.1) is 0 Å². The van der Waals surface area contributed by atoms with Crippen LogP contribution in [0.4, 0.5) is 0 Å². The molecular formula is C10H16N6. The van der Waals surface area contributed by atoms with E-state index in [1.54, 1.807) is 0 Å². The number of rotatable bonds is 5. The van der Waals surface area contributed by atoms with E-state index in [-0.39, 0.29) is 0 Å². The van der Waals surface area contributed by atoms with Crippen LogP contribution in [0.2, 0.25) is 0 Å². The first-order valence-electron chi connectivity index (χ1n) is 5.29. The van der Waals surface area contributed by atoms with E-state index in [0.717, 1.165) is 25.2 Å². The zero-order valence-electron chi connectivity index (χ0n) is 9.59. The number of nitrogens with one attached hydrogen (secondary N) is 1. The Morgan fingerprint density at radius 1 is 1.38 bits per heavy atom. The van der Waals surface area contributed by atoms with E-state index in [4.69, 9.17) is 0 Å². The molecule has 0 saturated carbocycles. The molecule has 0 atom stereocenters. The van der Waals surface area contributed by atoms with Gasteiger partial charge in [0.2, 0.25) is 0 Å². The lowest BCUT2D eigenvalue weighted by Gasteiger charge is -1.97. The Kier molecular flexibility index (Phi) is 3.31. The molecule has 86 valence electrons. The summed E-state index contributed by atoms with van der Waals surface area (Å²) in [5, 5.41) is 15.3. The third kappa shape index (κ3) is 2.66. The molecular weight excluding hydrogens is 204 g/mol. The summed E-state index contributed by atoms with van der Waals surface area (Å²) < 4.78 is 3.67. The highest BCUT2D eigenvalue weighted by atomic mass is 15.4. The van der Waals surface area contributed by atoms with Gasteiger partial charge in [0.15, 0.2) is 0 Å². The maximum Gasteiger partial charge on any atom is 0.0964 e. The maximum absolute atomic E-state index is 4.12. The van der Waals surface area contributed by atoms with Crippen molar-refractivity contribution >= 4 is 0 Å². The molecule has 0 spiro atoms. The number of nitrogens with zero attached hydrogens (tertiary/aromatic N) is 5. The van der Waals surface area contributed by atoms with Gasteiger partial charge in [-0.2, -0.15) is 5.10 Å². The number of hydrogen-bond acceptors (Lipinski definition) is 4. The van der Waals surface area contributed by atoms with Gasteiger partial charge in [0.05, 0.1) is 11.9 Å². The van der Waals surface area contributed by atoms with Crippen molar-refractivity contribution in [3.05, 3.63) is 29.8 Å². The second kappa shape index (κ2) is 4.89. The Labute approximate surface area is 94.3 Å². The minimum Gasteiger partial charge on any atom is -0.314 e. The van der Waals surface area contributed by atoms with Gasteiger partial charge in [0.1, 0.15) is 0 Å². The van der Waals surface area contributed by atoms with Gasteiger partial charge in [-0.3, -0.25) is 9.36 Å². The molecule has 0 aliphatic rings. The smallest absolute Gasteiger partial charge is 0.0964 e. The first kappa shape index (κ1) is 10.8. The molecule has 0 aliphatic heterocycles. The van der Waals surface area contributed by atoms with Crippen molar-refractivity contribution in [2.75, 3.05) is 7.05 Å². The van der Waals surface area contributed by atoms with E-state index < -0.39 is 0 Å². The summed E-state index contributed by atoms with van der Waals surface area (Å²) in [6.45, 7) is 1.59. The van der Waals surface area contributed by atoms with Crippen LogP contribution in [0.5, 0.6) is 0 Å². The predicted octanol–water partition coefficient (Wildman–Crippen LogP) is -0.0263. The normalized spacial score (nSPS) is 10.9. The largest absolute Gasteiger partial charge is 0.314 e. The van der Waals surface area contributed by atoms with Crippen LogP contribution in [-0.4, -0.2) is 31.8 Å². The quantitative estimate of drug-likeness (QED) is 0.769. The van der Waals surface area contributed by atoms with E-state index in [1.165, 1.54) is 5.56 Å². The van der Waals surface area contributed by atoms with Crippen molar-refractivity contribution in [2.24, 2.45) is 7.05 Å². The average Bonchev–Trinajstić information content (AvgIpc) is 2.85. The van der Waals surface area contributed by atoms with Crippen LogP contribution < -0.4 is 5.32 Å². The molecule has 0 radical (unpaired) electrons. The summed E-state index contributed by atoms with van der Waals surface area (Å²) in [5.41, 5.74) is 2.18. The van der Waals surface area contributed by atoms with Crippen LogP contribution in [0.15, 0.2) is 18.6 Å². The van der Waals surface area contributed by atoms with E-state index in [0.29, 0.717) is 0 Å². The number of aryl methyl sites for hydroxylation is 3. The molecule has 0 aromatic carbocycles. The molecule has 6 heteroatoms. The lowest BCUT2D eigenvalue weighted by molar-refractivity contribution is 0.588. The Bertz CT molecular complexity index is 444. The van der Waals surface area contributed by atoms with Gasteiger partial charge in [-0.25, -0.2) is 0 Å². The zero-order valence-corrected chi connectivity index (χ0v) is 9.59. The summed E-state index contributed by atoms with van der Waals surface area (Å²) in [6, 6.07) is 0. The van der Waals surface area contributed by atoms with Crippen LogP contribution in [0.3, 0.4) is 0 Å². The Balaban J connectivity index is 1.89. The van der Waals surface area contributed by atoms with Crippen molar-refractivity contribution in [3.63, 3.8) is 0 Å². The molecule has 2 aromatic rings. The highest BCUT2D eigenvalue weighted by Gasteiger charge is 2.01. The molecule has 0 amide bonds. The van der Waals surface area contributed by atoms with Gasteiger partial charge in [-0.15, -0.1) is 5.10 Å². The monoisotopic (exact) mass is 220 g/mol. The summed E-state index contributed by atoms with van der Waals surface area (Å²) in [4.78, 5) is 0. The lowest BCUT2D eigenvalue weighted by Crippen LogP contribution is -2.05. The molecule has 16 heavy (non-hydrogen) atoms. The zero-order chi connectivity index (χ0) is 11.4. The number of aromatic nitrogens is 5. The third-order valence-corrected chi connectivity index (χ3v) is 2.33. The van der Waals surface area contributed by atoms with Crippen LogP contribution in [0.25, 0.3) is 0 Å². The standard InChI is InChI=1S/C10H16N6/c1-11-6-10-8-16(14-13-10)4-3-9-5-12-15(2)7-9/h5,7-8,11H,3-4,6H2,1-2H3. The van der Waals surface area contributed by atoms with E-state index in [2.05, 4.69) is 20.7 Å². The second-order valence-corrected chi connectivity index (χ2v) is 3.78. The van der Waals surface area contributed by atoms with Gasteiger partial charge >= 0.3 is 0 Å². The summed E-state index contributed by atoms with van der Waals surface area (Å²) >= 11 is 0. The topological polar surface area (TPSA) is 60.6 Å². The molecule has 2 rings (SSSR count). The van der Waals surface area contributed by atoms with E-state index in [1.807, 2.05) is 42.0 Å². The van der Waals surface area contributed by atoms with Gasteiger partial charge < -0.3 is 5.32 Å². The van der Waals surface area contributed by atoms with Crippen LogP contribution in [-0.2, 0) is 26.6 Å². The van der Waals surface area contributed by atoms with E-state index in [9.17, 15) is 0 Å². The predicted molar refractivity (Wildman–Crippen MR) is 59.7 cm³/mol. The first-order chi connectivity index (χ1) is 7.78. The highest BCUT2D eigenvalue weighted by Crippen LogP contribution is 2.00. The third-order valence-electron chi connectivity index (χ3n) is 2.33. The Hall–Kier alpha value is -1.69. The summed E-state index contributed by atoms with van der Waals surface area (Å²) in [5.74, 6) is 0. The van der Waals surface area contributed by atoms with Gasteiger partial charge in [-0.05, 0) is 19.0 Å². The average molecular weight is 220 g/mol. The summed E-state index contributed by atoms with van der Waals surface area (Å²) in [6.07, 6.45) is 6.79. The highest BCUT2D eigenvalue weighted by molar-refractivity contribution is 5.03. The van der Waals surface area contributed by atoms with Crippen LogP contribution >= 0.6 is 0 Å². The fourth-order valence-electron chi connectivity index (χ4n) is 1.55.